The van der Waals surface area contributed by atoms with Gasteiger partial charge < -0.3 is 14.6 Å². The minimum atomic E-state index is 0.788. The van der Waals surface area contributed by atoms with Crippen molar-refractivity contribution in [3.05, 3.63) is 157 Å². The molecule has 0 aliphatic carbocycles. The second-order valence-corrected chi connectivity index (χ2v) is 11.4. The van der Waals surface area contributed by atoms with Crippen molar-refractivity contribution in [2.24, 2.45) is 0 Å². The molecule has 0 saturated carbocycles. The Balaban J connectivity index is 1.36. The first-order chi connectivity index (χ1) is 21.8. The lowest BCUT2D eigenvalue weighted by molar-refractivity contribution is 0.669. The highest BCUT2D eigenvalue weighted by atomic mass is 16.3. The second-order valence-electron chi connectivity index (χ2n) is 11.4. The van der Waals surface area contributed by atoms with E-state index >= 15 is 0 Å². The van der Waals surface area contributed by atoms with Gasteiger partial charge in [-0.15, -0.1) is 0 Å². The van der Waals surface area contributed by atoms with E-state index in [2.05, 4.69) is 156 Å². The predicted molar refractivity (Wildman–Crippen MR) is 186 cm³/mol. The highest BCUT2D eigenvalue weighted by molar-refractivity contribution is 6.24. The number of furan rings is 1. The van der Waals surface area contributed by atoms with Crippen LogP contribution in [0.5, 0.6) is 0 Å². The number of allylic oxidation sites excluding steroid dienone is 2. The van der Waals surface area contributed by atoms with Gasteiger partial charge in [0, 0.05) is 40.1 Å². The number of rotatable bonds is 4. The number of benzene rings is 7. The van der Waals surface area contributed by atoms with Crippen LogP contribution in [0, 0.1) is 0 Å². The van der Waals surface area contributed by atoms with Crippen LogP contribution >= 0.6 is 0 Å². The summed E-state index contributed by atoms with van der Waals surface area (Å²) in [5.41, 5.74) is 7.53. The zero-order chi connectivity index (χ0) is 29.0. The molecule has 1 aliphatic rings. The Bertz CT molecular complexity index is 2380. The van der Waals surface area contributed by atoms with Crippen molar-refractivity contribution in [3.8, 4) is 0 Å². The van der Waals surface area contributed by atoms with Crippen LogP contribution in [0.2, 0.25) is 0 Å². The van der Waals surface area contributed by atoms with Gasteiger partial charge in [0.2, 0.25) is 0 Å². The maximum Gasteiger partial charge on any atom is 0.138 e. The third-order valence-corrected chi connectivity index (χ3v) is 8.86. The van der Waals surface area contributed by atoms with Crippen LogP contribution < -0.4 is 10.2 Å². The van der Waals surface area contributed by atoms with E-state index in [0.29, 0.717) is 0 Å². The first-order valence-electron chi connectivity index (χ1n) is 15.1. The summed E-state index contributed by atoms with van der Waals surface area (Å²) >= 11 is 0. The van der Waals surface area contributed by atoms with Gasteiger partial charge in [-0.1, -0.05) is 103 Å². The average Bonchev–Trinajstić information content (AvgIpc) is 3.48. The van der Waals surface area contributed by atoms with Crippen LogP contribution in [0.1, 0.15) is 5.56 Å². The Labute approximate surface area is 254 Å². The number of nitrogens with zero attached hydrogens (tertiary/aromatic N) is 1. The van der Waals surface area contributed by atoms with E-state index in [1.807, 2.05) is 6.20 Å². The molecule has 9 rings (SSSR count). The second kappa shape index (κ2) is 9.89. The molecule has 0 radical (unpaired) electrons. The summed E-state index contributed by atoms with van der Waals surface area (Å²) in [5.74, 6) is 0. The SMILES string of the molecule is C1=CNCC(c2cccc3oc4cc(N(c5ccc6ccccc6c5)c5ccc6ccccc6c5)c5ccccc5c4c23)=C1. The number of dihydropyridines is 1. The van der Waals surface area contributed by atoms with Gasteiger partial charge >= 0.3 is 0 Å². The number of hydrogen-bond donors (Lipinski definition) is 1. The molecule has 3 heteroatoms. The molecule has 0 fully saturated rings. The molecule has 3 nitrogen and oxygen atoms in total. The lowest BCUT2D eigenvalue weighted by Crippen LogP contribution is -2.11. The van der Waals surface area contributed by atoms with Crippen LogP contribution in [0.3, 0.4) is 0 Å². The van der Waals surface area contributed by atoms with Crippen molar-refractivity contribution < 1.29 is 4.42 Å². The average molecular weight is 565 g/mol. The minimum Gasteiger partial charge on any atom is -0.456 e. The zero-order valence-electron chi connectivity index (χ0n) is 24.0. The summed E-state index contributed by atoms with van der Waals surface area (Å²) in [7, 11) is 0. The Hall–Kier alpha value is -5.80. The largest absolute Gasteiger partial charge is 0.456 e. The maximum atomic E-state index is 6.70. The smallest absolute Gasteiger partial charge is 0.138 e. The van der Waals surface area contributed by atoms with Gasteiger partial charge in [0.25, 0.3) is 0 Å². The molecular formula is C41H28N2O. The van der Waals surface area contributed by atoms with E-state index in [9.17, 15) is 0 Å². The van der Waals surface area contributed by atoms with Gasteiger partial charge in [-0.25, -0.2) is 0 Å². The highest BCUT2D eigenvalue weighted by Crippen LogP contribution is 2.46. The number of hydrogen-bond acceptors (Lipinski definition) is 3. The van der Waals surface area contributed by atoms with Crippen LogP contribution in [0.15, 0.2) is 156 Å². The van der Waals surface area contributed by atoms with Crippen molar-refractivity contribution in [1.82, 2.24) is 5.32 Å². The van der Waals surface area contributed by atoms with E-state index in [-0.39, 0.29) is 0 Å². The molecule has 1 aromatic heterocycles. The summed E-state index contributed by atoms with van der Waals surface area (Å²) in [5, 5.41) is 12.9. The topological polar surface area (TPSA) is 28.4 Å². The van der Waals surface area contributed by atoms with E-state index < -0.39 is 0 Å². The summed E-state index contributed by atoms with van der Waals surface area (Å²) in [6, 6.07) is 47.9. The lowest BCUT2D eigenvalue weighted by atomic mass is 9.95. The summed E-state index contributed by atoms with van der Waals surface area (Å²) in [6.45, 7) is 0.788. The number of nitrogens with one attached hydrogen (secondary N) is 1. The van der Waals surface area contributed by atoms with Gasteiger partial charge in [0.15, 0.2) is 0 Å². The quantitative estimate of drug-likeness (QED) is 0.230. The van der Waals surface area contributed by atoms with Crippen molar-refractivity contribution >= 4 is 76.9 Å². The molecule has 0 unspecified atom stereocenters. The molecule has 208 valence electrons. The fraction of sp³-hybridized carbons (Fsp3) is 0.0244. The Morgan fingerprint density at radius 3 is 1.89 bits per heavy atom. The molecule has 7 aromatic carbocycles. The van der Waals surface area contributed by atoms with Gasteiger partial charge in [-0.05, 0) is 80.7 Å². The van der Waals surface area contributed by atoms with Crippen LogP contribution in [-0.4, -0.2) is 6.54 Å². The summed E-state index contributed by atoms with van der Waals surface area (Å²) < 4.78 is 6.70. The molecule has 1 aliphatic heterocycles. The first kappa shape index (κ1) is 24.8. The fourth-order valence-electron chi connectivity index (χ4n) is 6.82. The number of anilines is 3. The van der Waals surface area contributed by atoms with Crippen LogP contribution in [0.4, 0.5) is 17.1 Å². The Kier molecular flexibility index (Phi) is 5.57. The Morgan fingerprint density at radius 1 is 0.545 bits per heavy atom. The normalized spacial score (nSPS) is 13.1. The molecule has 0 amide bonds. The zero-order valence-corrected chi connectivity index (χ0v) is 24.0. The minimum absolute atomic E-state index is 0.788. The van der Waals surface area contributed by atoms with Crippen molar-refractivity contribution in [2.45, 2.75) is 0 Å². The van der Waals surface area contributed by atoms with E-state index in [1.54, 1.807) is 0 Å². The van der Waals surface area contributed by atoms with Crippen molar-refractivity contribution in [3.63, 3.8) is 0 Å². The Morgan fingerprint density at radius 2 is 1.20 bits per heavy atom. The summed E-state index contributed by atoms with van der Waals surface area (Å²) in [6.07, 6.45) is 6.26. The molecule has 0 saturated heterocycles. The van der Waals surface area contributed by atoms with E-state index in [0.717, 1.165) is 45.5 Å². The van der Waals surface area contributed by atoms with Gasteiger partial charge in [0.1, 0.15) is 11.2 Å². The third-order valence-electron chi connectivity index (χ3n) is 8.86. The molecule has 0 atom stereocenters. The third kappa shape index (κ3) is 3.90. The monoisotopic (exact) mass is 564 g/mol. The molecular weight excluding hydrogens is 536 g/mol. The summed E-state index contributed by atoms with van der Waals surface area (Å²) in [4.78, 5) is 2.38. The van der Waals surface area contributed by atoms with Crippen molar-refractivity contribution in [1.29, 1.82) is 0 Å². The highest BCUT2D eigenvalue weighted by Gasteiger charge is 2.22. The molecule has 0 spiro atoms. The first-order valence-corrected chi connectivity index (χ1v) is 15.1. The van der Waals surface area contributed by atoms with Crippen LogP contribution in [-0.2, 0) is 0 Å². The molecule has 1 N–H and O–H groups in total. The van der Waals surface area contributed by atoms with Crippen LogP contribution in [0.25, 0.3) is 59.8 Å². The lowest BCUT2D eigenvalue weighted by Gasteiger charge is -2.27. The fourth-order valence-corrected chi connectivity index (χ4v) is 6.82. The van der Waals surface area contributed by atoms with Gasteiger partial charge in [-0.3, -0.25) is 0 Å². The van der Waals surface area contributed by atoms with Gasteiger partial charge in [0.05, 0.1) is 5.69 Å². The van der Waals surface area contributed by atoms with E-state index in [4.69, 9.17) is 4.42 Å². The van der Waals surface area contributed by atoms with Crippen molar-refractivity contribution in [2.75, 3.05) is 11.4 Å². The molecule has 8 aromatic rings. The predicted octanol–water partition coefficient (Wildman–Crippen LogP) is 11.0. The standard InChI is InChI=1S/C41H28N2O/c1-3-11-29-23-32(20-18-27(29)9-1)43(33-21-19-28-10-2-4-12-30(28)24-33)37-25-39-41(36-15-6-5-14-35(36)37)40-34(16-7-17-38(40)44-39)31-13-8-22-42-26-31/h1-25,42H,26H2. The van der Waals surface area contributed by atoms with E-state index in [1.165, 1.54) is 43.5 Å². The molecule has 44 heavy (non-hydrogen) atoms. The number of fused-ring (bicyclic) bond motifs is 7. The molecule has 2 heterocycles. The maximum absolute atomic E-state index is 6.70. The molecule has 0 bridgehead atoms. The van der Waals surface area contributed by atoms with Gasteiger partial charge in [-0.2, -0.15) is 0 Å².